The van der Waals surface area contributed by atoms with Crippen LogP contribution in [-0.2, 0) is 6.42 Å². The number of ether oxygens (including phenoxy) is 2. The first-order valence-electron chi connectivity index (χ1n) is 7.27. The molecule has 0 heterocycles. The molecule has 0 saturated heterocycles. The molecule has 1 atom stereocenters. The van der Waals surface area contributed by atoms with Crippen molar-refractivity contribution >= 4 is 0 Å². The van der Waals surface area contributed by atoms with Crippen LogP contribution < -0.4 is 9.47 Å². The Bertz CT molecular complexity index is 508. The molecule has 112 valence electrons. The van der Waals surface area contributed by atoms with Gasteiger partial charge in [-0.15, -0.1) is 0 Å². The van der Waals surface area contributed by atoms with Crippen LogP contribution in [0.2, 0.25) is 0 Å². The van der Waals surface area contributed by atoms with Crippen LogP contribution in [0.1, 0.15) is 18.4 Å². The van der Waals surface area contributed by atoms with Gasteiger partial charge in [0.2, 0.25) is 0 Å². The predicted octanol–water partition coefficient (Wildman–Crippen LogP) is 3.46. The average Bonchev–Trinajstić information content (AvgIpc) is 2.54. The first-order chi connectivity index (χ1) is 10.3. The molecule has 0 spiro atoms. The minimum atomic E-state index is -0.337. The van der Waals surface area contributed by atoms with Gasteiger partial charge in [0.25, 0.3) is 0 Å². The van der Waals surface area contributed by atoms with Crippen LogP contribution in [0.4, 0.5) is 0 Å². The van der Waals surface area contributed by atoms with Crippen molar-refractivity contribution in [3.05, 3.63) is 60.2 Å². The summed E-state index contributed by atoms with van der Waals surface area (Å²) >= 11 is 0. The number of aryl methyl sites for hydroxylation is 1. The SMILES string of the molecule is COc1ccc(CCC(O)CCOc2ccccc2)cc1. The molecule has 2 aromatic carbocycles. The van der Waals surface area contributed by atoms with Gasteiger partial charge in [-0.3, -0.25) is 0 Å². The highest BCUT2D eigenvalue weighted by atomic mass is 16.5. The lowest BCUT2D eigenvalue weighted by Gasteiger charge is -2.12. The molecule has 0 aliphatic rings. The second-order valence-electron chi connectivity index (χ2n) is 4.99. The standard InChI is InChI=1S/C18H22O3/c1-20-17-11-8-15(9-12-17)7-10-16(19)13-14-21-18-5-3-2-4-6-18/h2-6,8-9,11-12,16,19H,7,10,13-14H2,1H3. The monoisotopic (exact) mass is 286 g/mol. The van der Waals surface area contributed by atoms with E-state index in [1.54, 1.807) is 7.11 Å². The minimum absolute atomic E-state index is 0.337. The lowest BCUT2D eigenvalue weighted by atomic mass is 10.1. The molecule has 0 radical (unpaired) electrons. The number of benzene rings is 2. The van der Waals surface area contributed by atoms with Crippen LogP contribution in [0, 0.1) is 0 Å². The molecule has 2 aromatic rings. The Morgan fingerprint density at radius 3 is 2.29 bits per heavy atom. The number of hydrogen-bond donors (Lipinski definition) is 1. The van der Waals surface area contributed by atoms with Crippen molar-refractivity contribution in [3.63, 3.8) is 0 Å². The molecule has 21 heavy (non-hydrogen) atoms. The summed E-state index contributed by atoms with van der Waals surface area (Å²) in [7, 11) is 1.66. The van der Waals surface area contributed by atoms with E-state index < -0.39 is 0 Å². The molecule has 0 aromatic heterocycles. The molecule has 0 bridgehead atoms. The zero-order chi connectivity index (χ0) is 14.9. The van der Waals surface area contributed by atoms with Crippen LogP contribution in [0.3, 0.4) is 0 Å². The lowest BCUT2D eigenvalue weighted by molar-refractivity contribution is 0.131. The largest absolute Gasteiger partial charge is 0.497 e. The average molecular weight is 286 g/mol. The van der Waals surface area contributed by atoms with E-state index in [-0.39, 0.29) is 6.10 Å². The molecule has 0 amide bonds. The zero-order valence-corrected chi connectivity index (χ0v) is 12.4. The van der Waals surface area contributed by atoms with Crippen molar-refractivity contribution in [2.75, 3.05) is 13.7 Å². The molecule has 3 nitrogen and oxygen atoms in total. The summed E-state index contributed by atoms with van der Waals surface area (Å²) in [5, 5.41) is 9.98. The van der Waals surface area contributed by atoms with Gasteiger partial charge in [-0.05, 0) is 42.7 Å². The summed E-state index contributed by atoms with van der Waals surface area (Å²) in [4.78, 5) is 0. The van der Waals surface area contributed by atoms with Gasteiger partial charge in [0.1, 0.15) is 11.5 Å². The van der Waals surface area contributed by atoms with E-state index in [0.717, 1.165) is 24.3 Å². The summed E-state index contributed by atoms with van der Waals surface area (Å²) in [6.07, 6.45) is 1.90. The summed E-state index contributed by atoms with van der Waals surface area (Å²) in [6.45, 7) is 0.536. The van der Waals surface area contributed by atoms with Gasteiger partial charge in [-0.25, -0.2) is 0 Å². The molecule has 3 heteroatoms. The van der Waals surface area contributed by atoms with Crippen LogP contribution in [-0.4, -0.2) is 24.9 Å². The van der Waals surface area contributed by atoms with E-state index in [1.165, 1.54) is 5.56 Å². The Hall–Kier alpha value is -2.00. The third-order valence-electron chi connectivity index (χ3n) is 3.39. The Balaban J connectivity index is 1.66. The molecule has 1 unspecified atom stereocenters. The number of methoxy groups -OCH3 is 1. The minimum Gasteiger partial charge on any atom is -0.497 e. The molecule has 0 fully saturated rings. The molecule has 2 rings (SSSR count). The van der Waals surface area contributed by atoms with E-state index >= 15 is 0 Å². The van der Waals surface area contributed by atoms with Crippen molar-refractivity contribution in [2.45, 2.75) is 25.4 Å². The van der Waals surface area contributed by atoms with Crippen molar-refractivity contribution in [1.29, 1.82) is 0 Å². The Labute approximate surface area is 126 Å². The van der Waals surface area contributed by atoms with Gasteiger partial charge in [0.15, 0.2) is 0 Å². The van der Waals surface area contributed by atoms with E-state index in [0.29, 0.717) is 13.0 Å². The molecule has 0 aliphatic carbocycles. The third kappa shape index (κ3) is 5.48. The van der Waals surface area contributed by atoms with Gasteiger partial charge in [0.05, 0.1) is 19.8 Å². The van der Waals surface area contributed by atoms with E-state index in [4.69, 9.17) is 9.47 Å². The van der Waals surface area contributed by atoms with Gasteiger partial charge in [0, 0.05) is 6.42 Å². The van der Waals surface area contributed by atoms with Crippen molar-refractivity contribution in [1.82, 2.24) is 0 Å². The maximum absolute atomic E-state index is 9.98. The highest BCUT2D eigenvalue weighted by molar-refractivity contribution is 5.27. The fourth-order valence-corrected chi connectivity index (χ4v) is 2.10. The molecular weight excluding hydrogens is 264 g/mol. The van der Waals surface area contributed by atoms with Crippen LogP contribution in [0.5, 0.6) is 11.5 Å². The maximum Gasteiger partial charge on any atom is 0.119 e. The molecular formula is C18H22O3. The summed E-state index contributed by atoms with van der Waals surface area (Å²) in [5.74, 6) is 1.70. The predicted molar refractivity (Wildman–Crippen MR) is 83.9 cm³/mol. The third-order valence-corrected chi connectivity index (χ3v) is 3.39. The smallest absolute Gasteiger partial charge is 0.119 e. The fourth-order valence-electron chi connectivity index (χ4n) is 2.10. The molecule has 0 aliphatic heterocycles. The van der Waals surface area contributed by atoms with E-state index in [1.807, 2.05) is 54.6 Å². The van der Waals surface area contributed by atoms with Crippen molar-refractivity contribution in [2.24, 2.45) is 0 Å². The van der Waals surface area contributed by atoms with Crippen LogP contribution in [0.15, 0.2) is 54.6 Å². The zero-order valence-electron chi connectivity index (χ0n) is 12.4. The van der Waals surface area contributed by atoms with Gasteiger partial charge in [-0.2, -0.15) is 0 Å². The Kier molecular flexibility index (Phi) is 6.10. The lowest BCUT2D eigenvalue weighted by Crippen LogP contribution is -2.13. The van der Waals surface area contributed by atoms with Crippen molar-refractivity contribution in [3.8, 4) is 11.5 Å². The van der Waals surface area contributed by atoms with E-state index in [9.17, 15) is 5.11 Å². The topological polar surface area (TPSA) is 38.7 Å². The second kappa shape index (κ2) is 8.32. The van der Waals surface area contributed by atoms with Crippen molar-refractivity contribution < 1.29 is 14.6 Å². The Morgan fingerprint density at radius 1 is 0.905 bits per heavy atom. The van der Waals surface area contributed by atoms with E-state index in [2.05, 4.69) is 0 Å². The quantitative estimate of drug-likeness (QED) is 0.807. The molecule has 0 saturated carbocycles. The Morgan fingerprint density at radius 2 is 1.62 bits per heavy atom. The van der Waals surface area contributed by atoms with Crippen LogP contribution >= 0.6 is 0 Å². The second-order valence-corrected chi connectivity index (χ2v) is 4.99. The highest BCUT2D eigenvalue weighted by Crippen LogP contribution is 2.14. The number of aliphatic hydroxyl groups is 1. The summed E-state index contributed by atoms with van der Waals surface area (Å²) in [6, 6.07) is 17.6. The summed E-state index contributed by atoms with van der Waals surface area (Å²) in [5.41, 5.74) is 1.21. The number of para-hydroxylation sites is 1. The first-order valence-corrected chi connectivity index (χ1v) is 7.27. The number of rotatable bonds is 8. The highest BCUT2D eigenvalue weighted by Gasteiger charge is 2.05. The van der Waals surface area contributed by atoms with Gasteiger partial charge in [-0.1, -0.05) is 30.3 Å². The summed E-state index contributed by atoms with van der Waals surface area (Å²) < 4.78 is 10.7. The normalized spacial score (nSPS) is 11.9. The van der Waals surface area contributed by atoms with Gasteiger partial charge >= 0.3 is 0 Å². The van der Waals surface area contributed by atoms with Gasteiger partial charge < -0.3 is 14.6 Å². The molecule has 1 N–H and O–H groups in total. The number of hydrogen-bond acceptors (Lipinski definition) is 3. The number of aliphatic hydroxyl groups excluding tert-OH is 1. The fraction of sp³-hybridized carbons (Fsp3) is 0.333. The van der Waals surface area contributed by atoms with Crippen LogP contribution in [0.25, 0.3) is 0 Å². The maximum atomic E-state index is 9.98. The first kappa shape index (κ1) is 15.4.